The highest BCUT2D eigenvalue weighted by molar-refractivity contribution is 9.11. The van der Waals surface area contributed by atoms with Crippen LogP contribution in [0.4, 0.5) is 0 Å². The van der Waals surface area contributed by atoms with Gasteiger partial charge in [0.05, 0.1) is 13.2 Å². The molecular weight excluding hydrogens is 370 g/mol. The Bertz CT molecular complexity index is 394. The first-order valence-corrected chi connectivity index (χ1v) is 8.32. The van der Waals surface area contributed by atoms with Crippen LogP contribution in [0.3, 0.4) is 0 Å². The highest BCUT2D eigenvalue weighted by Gasteiger charge is 2.04. The summed E-state index contributed by atoms with van der Waals surface area (Å²) in [7, 11) is 0. The Morgan fingerprint density at radius 3 is 2.58 bits per heavy atom. The van der Waals surface area contributed by atoms with E-state index in [4.69, 9.17) is 4.74 Å². The highest BCUT2D eigenvalue weighted by atomic mass is 79.9. The van der Waals surface area contributed by atoms with Gasteiger partial charge < -0.3 is 10.1 Å². The predicted molar refractivity (Wildman–Crippen MR) is 88.8 cm³/mol. The molecule has 0 atom stereocenters. The molecular formula is C15H23Br2NO. The number of nitrogens with one attached hydrogen (secondary N) is 1. The van der Waals surface area contributed by atoms with E-state index in [1.54, 1.807) is 0 Å². The van der Waals surface area contributed by atoms with Crippen molar-refractivity contribution in [2.75, 3.05) is 26.3 Å². The lowest BCUT2D eigenvalue weighted by Crippen LogP contribution is -2.24. The summed E-state index contributed by atoms with van der Waals surface area (Å²) >= 11 is 7.17. The summed E-state index contributed by atoms with van der Waals surface area (Å²) in [5.41, 5.74) is 2.53. The van der Waals surface area contributed by atoms with Gasteiger partial charge >= 0.3 is 0 Å². The molecule has 0 aliphatic rings. The third kappa shape index (κ3) is 6.89. The van der Waals surface area contributed by atoms with E-state index in [9.17, 15) is 0 Å². The molecule has 0 saturated carbocycles. The molecule has 0 fully saturated rings. The van der Waals surface area contributed by atoms with E-state index in [2.05, 4.69) is 70.1 Å². The van der Waals surface area contributed by atoms with Crippen LogP contribution < -0.4 is 5.32 Å². The van der Waals surface area contributed by atoms with E-state index in [1.807, 2.05) is 0 Å². The standard InChI is InChI=1S/C15H23Br2NO/c1-11(2)10-18-5-7-19-6-4-13-9-14(16)12(3)8-15(13)17/h8-9,11,18H,4-7,10H2,1-3H3. The number of rotatable bonds is 8. The van der Waals surface area contributed by atoms with Gasteiger partial charge in [0.15, 0.2) is 0 Å². The van der Waals surface area contributed by atoms with Gasteiger partial charge in [-0.25, -0.2) is 0 Å². The molecule has 0 bridgehead atoms. The third-order valence-electron chi connectivity index (χ3n) is 2.82. The van der Waals surface area contributed by atoms with Crippen molar-refractivity contribution >= 4 is 31.9 Å². The molecule has 1 aromatic rings. The Morgan fingerprint density at radius 1 is 1.16 bits per heavy atom. The van der Waals surface area contributed by atoms with Crippen molar-refractivity contribution in [2.24, 2.45) is 5.92 Å². The Labute approximate surface area is 133 Å². The predicted octanol–water partition coefficient (Wildman–Crippen LogP) is 4.32. The van der Waals surface area contributed by atoms with Crippen molar-refractivity contribution in [3.05, 3.63) is 32.2 Å². The van der Waals surface area contributed by atoms with Crippen molar-refractivity contribution in [3.8, 4) is 0 Å². The summed E-state index contributed by atoms with van der Waals surface area (Å²) in [6, 6.07) is 4.31. The minimum atomic E-state index is 0.695. The summed E-state index contributed by atoms with van der Waals surface area (Å²) in [6.07, 6.45) is 0.934. The number of ether oxygens (including phenoxy) is 1. The lowest BCUT2D eigenvalue weighted by molar-refractivity contribution is 0.138. The Kier molecular flexibility index (Phi) is 8.23. The molecule has 1 aromatic carbocycles. The van der Waals surface area contributed by atoms with Crippen LogP contribution in [-0.4, -0.2) is 26.3 Å². The monoisotopic (exact) mass is 391 g/mol. The molecule has 1 N–H and O–H groups in total. The highest BCUT2D eigenvalue weighted by Crippen LogP contribution is 2.25. The average molecular weight is 393 g/mol. The third-order valence-corrected chi connectivity index (χ3v) is 4.41. The number of hydrogen-bond acceptors (Lipinski definition) is 2. The molecule has 0 unspecified atom stereocenters. The second kappa shape index (κ2) is 9.11. The SMILES string of the molecule is Cc1cc(Br)c(CCOCCNCC(C)C)cc1Br. The van der Waals surface area contributed by atoms with Gasteiger partial charge in [-0.3, -0.25) is 0 Å². The van der Waals surface area contributed by atoms with E-state index in [0.29, 0.717) is 5.92 Å². The fourth-order valence-electron chi connectivity index (χ4n) is 1.70. The maximum Gasteiger partial charge on any atom is 0.0591 e. The van der Waals surface area contributed by atoms with Crippen LogP contribution in [0, 0.1) is 12.8 Å². The van der Waals surface area contributed by atoms with Gasteiger partial charge in [0.25, 0.3) is 0 Å². The molecule has 108 valence electrons. The summed E-state index contributed by atoms with van der Waals surface area (Å²) in [5.74, 6) is 0.695. The zero-order valence-electron chi connectivity index (χ0n) is 11.9. The van der Waals surface area contributed by atoms with E-state index in [1.165, 1.54) is 11.1 Å². The molecule has 0 aliphatic heterocycles. The molecule has 19 heavy (non-hydrogen) atoms. The molecule has 1 rings (SSSR count). The zero-order valence-corrected chi connectivity index (χ0v) is 15.1. The smallest absolute Gasteiger partial charge is 0.0591 e. The first-order valence-electron chi connectivity index (χ1n) is 6.73. The Hall–Kier alpha value is 0.1000. The summed E-state index contributed by atoms with van der Waals surface area (Å²) in [6.45, 7) is 10.0. The second-order valence-electron chi connectivity index (χ2n) is 5.15. The van der Waals surface area contributed by atoms with Gasteiger partial charge in [-0.05, 0) is 49.1 Å². The maximum absolute atomic E-state index is 5.65. The average Bonchev–Trinajstić information content (AvgIpc) is 2.33. The fraction of sp³-hybridized carbons (Fsp3) is 0.600. The molecule has 0 saturated heterocycles. The molecule has 0 radical (unpaired) electrons. The van der Waals surface area contributed by atoms with Crippen LogP contribution in [0.25, 0.3) is 0 Å². The van der Waals surface area contributed by atoms with Gasteiger partial charge in [-0.1, -0.05) is 45.7 Å². The molecule has 0 aliphatic carbocycles. The molecule has 2 nitrogen and oxygen atoms in total. The normalized spacial score (nSPS) is 11.3. The first kappa shape index (κ1) is 17.2. The van der Waals surface area contributed by atoms with Crippen LogP contribution in [0.5, 0.6) is 0 Å². The fourth-order valence-corrected chi connectivity index (χ4v) is 2.75. The van der Waals surface area contributed by atoms with Gasteiger partial charge in [0.2, 0.25) is 0 Å². The van der Waals surface area contributed by atoms with Gasteiger partial charge in [-0.2, -0.15) is 0 Å². The lowest BCUT2D eigenvalue weighted by Gasteiger charge is -2.10. The second-order valence-corrected chi connectivity index (χ2v) is 6.86. The van der Waals surface area contributed by atoms with Gasteiger partial charge in [0, 0.05) is 15.5 Å². The summed E-state index contributed by atoms with van der Waals surface area (Å²) in [4.78, 5) is 0. The van der Waals surface area contributed by atoms with E-state index in [-0.39, 0.29) is 0 Å². The van der Waals surface area contributed by atoms with Crippen LogP contribution in [0.2, 0.25) is 0 Å². The van der Waals surface area contributed by atoms with Crippen LogP contribution in [0.15, 0.2) is 21.1 Å². The number of aryl methyl sites for hydroxylation is 1. The minimum absolute atomic E-state index is 0.695. The molecule has 4 heteroatoms. The minimum Gasteiger partial charge on any atom is -0.380 e. The van der Waals surface area contributed by atoms with Crippen molar-refractivity contribution < 1.29 is 4.74 Å². The lowest BCUT2D eigenvalue weighted by atomic mass is 10.1. The van der Waals surface area contributed by atoms with E-state index >= 15 is 0 Å². The number of halogens is 2. The largest absolute Gasteiger partial charge is 0.380 e. The number of hydrogen-bond donors (Lipinski definition) is 1. The molecule has 0 heterocycles. The quantitative estimate of drug-likeness (QED) is 0.665. The maximum atomic E-state index is 5.65. The zero-order chi connectivity index (χ0) is 14.3. The van der Waals surface area contributed by atoms with Crippen LogP contribution in [0.1, 0.15) is 25.0 Å². The van der Waals surface area contributed by atoms with Crippen molar-refractivity contribution in [2.45, 2.75) is 27.2 Å². The van der Waals surface area contributed by atoms with E-state index < -0.39 is 0 Å². The molecule has 0 spiro atoms. The van der Waals surface area contributed by atoms with Gasteiger partial charge in [0.1, 0.15) is 0 Å². The summed E-state index contributed by atoms with van der Waals surface area (Å²) < 4.78 is 7.96. The topological polar surface area (TPSA) is 21.3 Å². The van der Waals surface area contributed by atoms with Crippen LogP contribution >= 0.6 is 31.9 Å². The molecule has 0 amide bonds. The van der Waals surface area contributed by atoms with Gasteiger partial charge in [-0.15, -0.1) is 0 Å². The van der Waals surface area contributed by atoms with Crippen molar-refractivity contribution in [1.82, 2.24) is 5.32 Å². The summed E-state index contributed by atoms with van der Waals surface area (Å²) in [5, 5.41) is 3.37. The van der Waals surface area contributed by atoms with Crippen LogP contribution in [-0.2, 0) is 11.2 Å². The number of benzene rings is 1. The van der Waals surface area contributed by atoms with E-state index in [0.717, 1.165) is 41.7 Å². The Balaban J connectivity index is 2.21. The Morgan fingerprint density at radius 2 is 1.89 bits per heavy atom. The van der Waals surface area contributed by atoms with Crippen molar-refractivity contribution in [3.63, 3.8) is 0 Å². The molecule has 0 aromatic heterocycles. The van der Waals surface area contributed by atoms with Crippen molar-refractivity contribution in [1.29, 1.82) is 0 Å². The first-order chi connectivity index (χ1) is 9.00.